The summed E-state index contributed by atoms with van der Waals surface area (Å²) in [5.41, 5.74) is -1.58. The number of fused-ring (bicyclic) bond motifs is 1. The number of rotatable bonds is 5. The lowest BCUT2D eigenvalue weighted by molar-refractivity contribution is 0.177. The number of alkyl carbamates (subject to hydrolysis) is 1. The van der Waals surface area contributed by atoms with Crippen molar-refractivity contribution in [3.05, 3.63) is 35.5 Å². The maximum atomic E-state index is 11.6. The Labute approximate surface area is 146 Å². The van der Waals surface area contributed by atoms with Crippen LogP contribution >= 0.6 is 0 Å². The minimum Gasteiger partial charge on any atom is -0.447 e. The number of carbonyl (C=O) groups excluding carboxylic acids is 1. The van der Waals surface area contributed by atoms with Crippen LogP contribution in [0, 0.1) is 0 Å². The number of amides is 1. The van der Waals surface area contributed by atoms with Crippen LogP contribution in [0.15, 0.2) is 24.3 Å². The van der Waals surface area contributed by atoms with E-state index in [4.69, 9.17) is 21.9 Å². The summed E-state index contributed by atoms with van der Waals surface area (Å²) < 4.78 is 132. The van der Waals surface area contributed by atoms with E-state index in [9.17, 15) is 4.79 Å². The molecule has 2 aromatic rings. The zero-order valence-corrected chi connectivity index (χ0v) is 10.5. The van der Waals surface area contributed by atoms with E-state index in [1.54, 1.807) is 0 Å². The van der Waals surface area contributed by atoms with Crippen molar-refractivity contribution in [1.82, 2.24) is 15.2 Å². The number of aromatic nitrogens is 1. The van der Waals surface area contributed by atoms with Crippen LogP contribution in [-0.2, 0) is 17.5 Å². The Hall–Kier alpha value is -2.01. The molecule has 3 rings (SSSR count). The average Bonchev–Trinajstić information content (AvgIpc) is 3.19. The molecule has 0 aliphatic carbocycles. The zero-order valence-electron chi connectivity index (χ0n) is 26.5. The third-order valence-corrected chi connectivity index (χ3v) is 2.67. The number of nitrogens with one attached hydrogen (secondary N) is 2. The van der Waals surface area contributed by atoms with Crippen LogP contribution in [0.25, 0.3) is 10.9 Å². The largest absolute Gasteiger partial charge is 0.447 e. The second-order valence-electron chi connectivity index (χ2n) is 4.15. The van der Waals surface area contributed by atoms with E-state index in [-0.39, 0.29) is 5.52 Å². The lowest BCUT2D eigenvalue weighted by Gasteiger charge is -2.09. The topological polar surface area (TPSA) is 57.4 Å². The third kappa shape index (κ3) is 3.19. The van der Waals surface area contributed by atoms with Gasteiger partial charge in [-0.25, -0.2) is 4.79 Å². The molecule has 2 N–H and O–H groups in total. The van der Waals surface area contributed by atoms with Gasteiger partial charge in [0, 0.05) is 37.3 Å². The van der Waals surface area contributed by atoms with Gasteiger partial charge in [0.05, 0.1) is 14.2 Å². The third-order valence-electron chi connectivity index (χ3n) is 2.67. The molecule has 1 aliphatic heterocycles. The van der Waals surface area contributed by atoms with E-state index in [1.807, 2.05) is 5.32 Å². The second-order valence-corrected chi connectivity index (χ2v) is 4.15. The minimum atomic E-state index is -3.74. The van der Waals surface area contributed by atoms with Crippen molar-refractivity contribution >= 4 is 17.0 Å². The van der Waals surface area contributed by atoms with E-state index in [0.717, 1.165) is 6.20 Å². The van der Waals surface area contributed by atoms with E-state index in [0.29, 0.717) is 0 Å². The van der Waals surface area contributed by atoms with Gasteiger partial charge in [-0.2, -0.15) is 0 Å². The molecule has 1 aromatic heterocycles. The van der Waals surface area contributed by atoms with E-state index >= 15 is 0 Å². The monoisotopic (exact) mass is 303 g/mol. The highest BCUT2D eigenvalue weighted by Gasteiger charge is 2.22. The fraction of sp³-hybridized carbons (Fsp3) is 0.438. The van der Waals surface area contributed by atoms with Crippen molar-refractivity contribution in [1.29, 1.82) is 0 Å². The van der Waals surface area contributed by atoms with Gasteiger partial charge in [-0.1, -0.05) is 6.04 Å². The van der Waals surface area contributed by atoms with Crippen LogP contribution in [0.2, 0.25) is 0 Å². The molecule has 112 valence electrons. The van der Waals surface area contributed by atoms with Crippen LogP contribution in [0.4, 0.5) is 4.79 Å². The highest BCUT2D eigenvalue weighted by atomic mass is 16.6. The van der Waals surface area contributed by atoms with Gasteiger partial charge in [0.25, 0.3) is 0 Å². The van der Waals surface area contributed by atoms with Crippen LogP contribution in [0.3, 0.4) is 0 Å². The molecular formula is C16H21N3O2. The van der Waals surface area contributed by atoms with Crippen LogP contribution in [-0.4, -0.2) is 49.0 Å². The van der Waals surface area contributed by atoms with Crippen LogP contribution in [0.1, 0.15) is 33.1 Å². The van der Waals surface area contributed by atoms with Crippen molar-refractivity contribution in [2.24, 2.45) is 0 Å². The molecule has 0 radical (unpaired) electrons. The lowest BCUT2D eigenvalue weighted by Crippen LogP contribution is -2.28. The molecule has 2 heterocycles. The summed E-state index contributed by atoms with van der Waals surface area (Å²) in [5, 5.41) is 1.41. The van der Waals surface area contributed by atoms with Gasteiger partial charge >= 0.3 is 6.09 Å². The van der Waals surface area contributed by atoms with Crippen molar-refractivity contribution in [3.63, 3.8) is 0 Å². The number of cyclic esters (lactones) is 1. The van der Waals surface area contributed by atoms with Crippen LogP contribution in [0.5, 0.6) is 0 Å². The summed E-state index contributed by atoms with van der Waals surface area (Å²) in [7, 11) is 0. The summed E-state index contributed by atoms with van der Waals surface area (Å²) in [6, 6.07) is -4.63. The first-order valence-electron chi connectivity index (χ1n) is 13.8. The second kappa shape index (κ2) is 5.77. The average molecular weight is 303 g/mol. The van der Waals surface area contributed by atoms with E-state index in [1.165, 1.54) is 0 Å². The molecule has 1 aliphatic rings. The number of ether oxygens (including phenoxy) is 1. The molecule has 0 unspecified atom stereocenters. The Bertz CT molecular complexity index is 1240. The molecule has 5 nitrogen and oxygen atoms in total. The quantitative estimate of drug-likeness (QED) is 0.887. The van der Waals surface area contributed by atoms with Crippen molar-refractivity contribution < 1.29 is 31.5 Å². The van der Waals surface area contributed by atoms with E-state index < -0.39 is 91.5 Å². The van der Waals surface area contributed by atoms with Gasteiger partial charge in [-0.3, -0.25) is 0 Å². The molecule has 1 amide bonds. The first kappa shape index (κ1) is 4.49. The van der Waals surface area contributed by atoms with Gasteiger partial charge in [0.2, 0.25) is 0 Å². The first-order valence-corrected chi connectivity index (χ1v) is 5.82. The smallest absolute Gasteiger partial charge is 0.407 e. The summed E-state index contributed by atoms with van der Waals surface area (Å²) >= 11 is 0. The molecule has 1 atom stereocenters. The first-order chi connectivity index (χ1) is 16.4. The Morgan fingerprint density at radius 3 is 3.33 bits per heavy atom. The summed E-state index contributed by atoms with van der Waals surface area (Å²) in [5.74, 6) is 0. The van der Waals surface area contributed by atoms with Crippen molar-refractivity contribution in [2.45, 2.75) is 18.8 Å². The molecule has 21 heavy (non-hydrogen) atoms. The summed E-state index contributed by atoms with van der Waals surface area (Å²) in [4.78, 5) is 13.4. The number of benzene rings is 1. The number of hydrogen-bond acceptors (Lipinski definition) is 3. The molecule has 1 aromatic carbocycles. The number of nitrogens with zero attached hydrogens (tertiary/aromatic N) is 1. The fourth-order valence-corrected chi connectivity index (χ4v) is 1.81. The molecular weight excluding hydrogens is 266 g/mol. The lowest BCUT2D eigenvalue weighted by atomic mass is 10.0. The molecule has 0 spiro atoms. The minimum absolute atomic E-state index is 0.337. The Balaban J connectivity index is 2.27. The van der Waals surface area contributed by atoms with Gasteiger partial charge in [0.1, 0.15) is 6.56 Å². The Kier molecular flexibility index (Phi) is 1.23. The molecule has 1 fully saturated rings. The zero-order chi connectivity index (χ0) is 28.7. The fourth-order valence-electron chi connectivity index (χ4n) is 1.81. The van der Waals surface area contributed by atoms with Crippen molar-refractivity contribution in [2.75, 3.05) is 27.0 Å². The summed E-state index contributed by atoms with van der Waals surface area (Å²) in [6.07, 6.45) is -4.81. The highest BCUT2D eigenvalue weighted by Crippen LogP contribution is 2.21. The van der Waals surface area contributed by atoms with Crippen LogP contribution < -0.4 is 5.32 Å². The van der Waals surface area contributed by atoms with Gasteiger partial charge in [-0.15, -0.1) is 0 Å². The number of H-pyrrole nitrogens is 1. The SMILES string of the molecule is [2H]c1c(C[C@]2([2H])NC(=O)OC2([2H])[2H])c([2H])c2c(C([2H])([2H])C([2H])([2H])N(C([2H])([2H])[2H])C([2H])([2H])[2H])c[nH]c2c1[2H]. The molecule has 5 heteroatoms. The van der Waals surface area contributed by atoms with Gasteiger partial charge < -0.3 is 19.9 Å². The van der Waals surface area contributed by atoms with E-state index in [2.05, 4.69) is 9.72 Å². The highest BCUT2D eigenvalue weighted by molar-refractivity contribution is 5.84. The molecule has 0 bridgehead atoms. The summed E-state index contributed by atoms with van der Waals surface area (Å²) in [6.45, 7) is -13.9. The predicted octanol–water partition coefficient (Wildman–Crippen LogP) is 1.92. The Morgan fingerprint density at radius 1 is 1.67 bits per heavy atom. The van der Waals surface area contributed by atoms with Gasteiger partial charge in [0.15, 0.2) is 0 Å². The molecule has 1 saturated heterocycles. The standard InChI is InChI=1S/C16H21N3O2/c1-19(2)6-5-12-9-17-15-4-3-11(8-14(12)15)7-13-10-21-16(20)18-13/h3-4,8-9,13,17H,5-7,10H2,1-2H3,(H,18,20)/t13-/m0/s1/i1D3,2D3,3D,4D,5D2,6D2,8D,10D2,13D. The van der Waals surface area contributed by atoms with Crippen molar-refractivity contribution in [3.8, 4) is 0 Å². The normalized spacial score (nSPS) is 37.9. The van der Waals surface area contributed by atoms with Gasteiger partial charge in [-0.05, 0) is 50.0 Å². The number of aromatic amines is 1. The predicted molar refractivity (Wildman–Crippen MR) is 82.5 cm³/mol. The number of aryl methyl sites for hydroxylation is 1. The maximum absolute atomic E-state index is 11.6. The maximum Gasteiger partial charge on any atom is 0.407 e. The molecule has 0 saturated carbocycles. The Morgan fingerprint density at radius 2 is 2.57 bits per heavy atom. The number of carbonyl (C=O) groups is 1. The number of hydrogen-bond donors (Lipinski definition) is 2. The number of likely N-dealkylation sites (N-methyl/N-ethyl adjacent to an activating group) is 1.